The molecule has 5 N–H and O–H groups in total. The van der Waals surface area contributed by atoms with Crippen LogP contribution in [0, 0.1) is 59.8 Å². The molecule has 386 valence electrons. The quantitative estimate of drug-likeness (QED) is 0.0560. The fourth-order valence-electron chi connectivity index (χ4n) is 8.71. The van der Waals surface area contributed by atoms with E-state index in [0.29, 0.717) is 32.6 Å². The Morgan fingerprint density at radius 2 is 1.19 bits per heavy atom. The standard InChI is InChI=1S/C46H44N10O12S6/c1-21-15-24(4)39(73(63,64)65)26(6)36(21)51-42-37(52-53-43-30(20-47)41(46(8,9)10)54-56(43)45-49-32-14-12-29(72(60,61)62)19-34(32)70-45)22(2)17-35(50-42)55(38-23(3)16-25(5)40(27(38)7)74(66,67)68)44-48-31-13-11-28(71(57,58)59)18-33(31)69-44/h11-19H,1-10H3,(H,50,51)(H,57,58,59)(H,60,61,62)(H,63,64,65)(H,66,67,68). The fraction of sp³-hybridized carbons (Fsp3) is 0.239. The molecule has 8 rings (SSSR count). The van der Waals surface area contributed by atoms with E-state index in [4.69, 9.17) is 15.1 Å². The van der Waals surface area contributed by atoms with Crippen molar-refractivity contribution in [2.24, 2.45) is 10.2 Å². The van der Waals surface area contributed by atoms with E-state index in [0.717, 1.165) is 28.7 Å². The zero-order valence-electron chi connectivity index (χ0n) is 40.7. The lowest BCUT2D eigenvalue weighted by Crippen LogP contribution is -2.17. The molecule has 4 heterocycles. The second-order valence-corrected chi connectivity index (χ2v) is 25.9. The van der Waals surface area contributed by atoms with Gasteiger partial charge >= 0.3 is 0 Å². The maximum atomic E-state index is 13.0. The summed E-state index contributed by atoms with van der Waals surface area (Å²) in [5, 5.41) is 28.2. The average molecular weight is 1120 g/mol. The lowest BCUT2D eigenvalue weighted by Gasteiger charge is -2.28. The zero-order valence-corrected chi connectivity index (χ0v) is 45.6. The molecule has 74 heavy (non-hydrogen) atoms. The first-order valence-corrected chi connectivity index (χ1v) is 29.1. The topological polar surface area (TPSA) is 338 Å². The number of benzene rings is 4. The third-order valence-electron chi connectivity index (χ3n) is 11.7. The van der Waals surface area contributed by atoms with Gasteiger partial charge < -0.3 is 5.32 Å². The molecule has 22 nitrogen and oxygen atoms in total. The second-order valence-electron chi connectivity index (χ2n) is 18.3. The molecule has 0 amide bonds. The van der Waals surface area contributed by atoms with Crippen molar-refractivity contribution in [3.8, 4) is 11.2 Å². The highest BCUT2D eigenvalue weighted by Crippen LogP contribution is 2.47. The SMILES string of the molecule is Cc1cc(N(c2nc3ccc(S(=O)(=O)O)cc3s2)c2c(C)cc(C)c(S(=O)(=O)O)c2C)nc(Nc2c(C)cc(C)c(S(=O)(=O)O)c2C)c1N=Nc1c(C#N)c(C(C)(C)C)nn1-c1nc2ccc(S(=O)(=O)O)cc2s1. The zero-order chi connectivity index (χ0) is 54.5. The summed E-state index contributed by atoms with van der Waals surface area (Å²) in [4.78, 5) is 14.3. The van der Waals surface area contributed by atoms with Crippen LogP contribution in [-0.2, 0) is 45.9 Å². The molecule has 0 fully saturated rings. The molecule has 4 aromatic carbocycles. The Morgan fingerprint density at radius 3 is 1.73 bits per heavy atom. The largest absolute Gasteiger partial charge is 0.338 e. The first-order valence-electron chi connectivity index (χ1n) is 21.7. The number of thiazole rings is 2. The normalized spacial score (nSPS) is 12.8. The number of pyridine rings is 1. The summed E-state index contributed by atoms with van der Waals surface area (Å²) in [6.07, 6.45) is 0. The number of nitrogens with one attached hydrogen (secondary N) is 1. The van der Waals surface area contributed by atoms with Crippen molar-refractivity contribution in [2.45, 2.75) is 94.2 Å². The Balaban J connectivity index is 1.44. The van der Waals surface area contributed by atoms with Crippen LogP contribution in [0.25, 0.3) is 25.6 Å². The van der Waals surface area contributed by atoms with Gasteiger partial charge in [0, 0.05) is 11.1 Å². The van der Waals surface area contributed by atoms with Gasteiger partial charge in [0.05, 0.1) is 41.6 Å². The van der Waals surface area contributed by atoms with Gasteiger partial charge in [0.2, 0.25) is 5.13 Å². The first kappa shape index (κ1) is 53.6. The molecule has 0 aliphatic heterocycles. The number of fused-ring (bicyclic) bond motifs is 2. The molecule has 0 aliphatic rings. The Labute approximate surface area is 433 Å². The fourth-order valence-corrected chi connectivity index (χ4v) is 13.8. The maximum absolute atomic E-state index is 13.0. The van der Waals surface area contributed by atoms with Gasteiger partial charge in [-0.2, -0.15) is 48.7 Å². The van der Waals surface area contributed by atoms with E-state index in [1.54, 1.807) is 26.8 Å². The number of aryl methyl sites for hydroxylation is 5. The van der Waals surface area contributed by atoms with Crippen LogP contribution in [-0.4, -0.2) is 76.6 Å². The van der Waals surface area contributed by atoms with Gasteiger partial charge in [-0.3, -0.25) is 23.1 Å². The van der Waals surface area contributed by atoms with Crippen LogP contribution < -0.4 is 10.2 Å². The lowest BCUT2D eigenvalue weighted by atomic mass is 9.90. The first-order chi connectivity index (χ1) is 34.2. The summed E-state index contributed by atoms with van der Waals surface area (Å²) in [5.74, 6) is -0.208. The second kappa shape index (κ2) is 18.6. The van der Waals surface area contributed by atoms with Crippen LogP contribution in [0.4, 0.5) is 39.6 Å². The Kier molecular flexibility index (Phi) is 13.5. The summed E-state index contributed by atoms with van der Waals surface area (Å²) < 4.78 is 143. The van der Waals surface area contributed by atoms with E-state index in [9.17, 15) is 57.1 Å². The Hall–Kier alpha value is -6.65. The number of azo groups is 1. The summed E-state index contributed by atoms with van der Waals surface area (Å²) in [7, 11) is -18.9. The summed E-state index contributed by atoms with van der Waals surface area (Å²) in [6, 6.07) is 14.3. The van der Waals surface area contributed by atoms with E-state index in [-0.39, 0.29) is 92.6 Å². The number of nitriles is 1. The van der Waals surface area contributed by atoms with Crippen molar-refractivity contribution in [1.82, 2.24) is 24.7 Å². The molecule has 0 saturated heterocycles. The van der Waals surface area contributed by atoms with Gasteiger partial charge in [-0.15, -0.1) is 10.2 Å². The molecule has 0 bridgehead atoms. The molecular formula is C46H44N10O12S6. The van der Waals surface area contributed by atoms with Crippen molar-refractivity contribution in [3.05, 3.63) is 105 Å². The minimum Gasteiger partial charge on any atom is -0.338 e. The maximum Gasteiger partial charge on any atom is 0.295 e. The van der Waals surface area contributed by atoms with Crippen molar-refractivity contribution in [3.63, 3.8) is 0 Å². The van der Waals surface area contributed by atoms with Gasteiger partial charge in [0.25, 0.3) is 40.5 Å². The van der Waals surface area contributed by atoms with E-state index in [1.165, 1.54) is 79.7 Å². The van der Waals surface area contributed by atoms with Gasteiger partial charge in [-0.1, -0.05) is 55.6 Å². The van der Waals surface area contributed by atoms with Crippen LogP contribution in [0.5, 0.6) is 0 Å². The minimum absolute atomic E-state index is 0.00183. The number of hydrogen-bond acceptors (Lipinski definition) is 19. The molecule has 8 aromatic rings. The third-order valence-corrected chi connectivity index (χ3v) is 17.7. The Bertz CT molecular complexity index is 4270. The van der Waals surface area contributed by atoms with Crippen LogP contribution in [0.1, 0.15) is 71.0 Å². The summed E-state index contributed by atoms with van der Waals surface area (Å²) >= 11 is 1.94. The van der Waals surface area contributed by atoms with E-state index in [2.05, 4.69) is 26.6 Å². The number of nitrogens with zero attached hydrogens (tertiary/aromatic N) is 9. The highest BCUT2D eigenvalue weighted by molar-refractivity contribution is 7.86. The van der Waals surface area contributed by atoms with Gasteiger partial charge in [0.15, 0.2) is 16.8 Å². The summed E-state index contributed by atoms with van der Waals surface area (Å²) in [6.45, 7) is 16.4. The molecule has 0 saturated carbocycles. The predicted molar refractivity (Wildman–Crippen MR) is 279 cm³/mol. The van der Waals surface area contributed by atoms with Crippen molar-refractivity contribution < 1.29 is 51.9 Å². The van der Waals surface area contributed by atoms with Gasteiger partial charge in [-0.25, -0.2) is 15.0 Å². The minimum atomic E-state index is -4.86. The van der Waals surface area contributed by atoms with Crippen molar-refractivity contribution in [1.29, 1.82) is 5.26 Å². The van der Waals surface area contributed by atoms with Crippen LogP contribution in [0.3, 0.4) is 0 Å². The molecule has 4 aromatic heterocycles. The molecule has 0 aliphatic carbocycles. The monoisotopic (exact) mass is 1120 g/mol. The van der Waals surface area contributed by atoms with Crippen LogP contribution in [0.15, 0.2) is 84.4 Å². The average Bonchev–Trinajstić information content (AvgIpc) is 3.98. The van der Waals surface area contributed by atoms with E-state index >= 15 is 0 Å². The molecule has 0 spiro atoms. The number of rotatable bonds is 12. The highest BCUT2D eigenvalue weighted by atomic mass is 32.2. The third kappa shape index (κ3) is 10.0. The Morgan fingerprint density at radius 1 is 0.649 bits per heavy atom. The summed E-state index contributed by atoms with van der Waals surface area (Å²) in [5.41, 5.74) is 2.36. The molecule has 0 radical (unpaired) electrons. The van der Waals surface area contributed by atoms with Gasteiger partial charge in [-0.05, 0) is 130 Å². The lowest BCUT2D eigenvalue weighted by molar-refractivity contribution is 0.479. The van der Waals surface area contributed by atoms with Gasteiger partial charge in [0.1, 0.15) is 32.9 Å². The smallest absolute Gasteiger partial charge is 0.295 e. The van der Waals surface area contributed by atoms with Crippen LogP contribution >= 0.6 is 22.7 Å². The van der Waals surface area contributed by atoms with E-state index < -0.39 is 55.7 Å². The number of anilines is 5. The number of hydrogen-bond donors (Lipinski definition) is 5. The molecular weight excluding hydrogens is 1080 g/mol. The predicted octanol–water partition coefficient (Wildman–Crippen LogP) is 10.4. The van der Waals surface area contributed by atoms with Crippen LogP contribution in [0.2, 0.25) is 0 Å². The molecule has 28 heteroatoms. The van der Waals surface area contributed by atoms with E-state index in [1.807, 2.05) is 20.8 Å². The van der Waals surface area contributed by atoms with Crippen molar-refractivity contribution in [2.75, 3.05) is 10.2 Å². The number of aromatic nitrogens is 5. The van der Waals surface area contributed by atoms with Crippen molar-refractivity contribution >= 4 is 123 Å². The molecule has 0 atom stereocenters. The molecule has 0 unspecified atom stereocenters. The highest BCUT2D eigenvalue weighted by Gasteiger charge is 2.32.